The lowest BCUT2D eigenvalue weighted by Crippen LogP contribution is -2.18. The second kappa shape index (κ2) is 6.67. The fourth-order valence-electron chi connectivity index (χ4n) is 2.35. The summed E-state index contributed by atoms with van der Waals surface area (Å²) in [7, 11) is 0. The van der Waals surface area contributed by atoms with Crippen LogP contribution in [0.4, 0.5) is 0 Å². The maximum atomic E-state index is 12.8. The number of carbonyl (C=O) groups is 1. The molecule has 0 aliphatic carbocycles. The van der Waals surface area contributed by atoms with Crippen molar-refractivity contribution in [2.45, 2.75) is 11.8 Å². The first-order valence-corrected chi connectivity index (χ1v) is 6.66. The molecule has 0 heterocycles. The Balaban J connectivity index is 2.32. The van der Waals surface area contributed by atoms with E-state index in [9.17, 15) is 4.79 Å². The van der Waals surface area contributed by atoms with E-state index in [-0.39, 0.29) is 17.6 Å². The quantitative estimate of drug-likeness (QED) is 0.701. The Hall–Kier alpha value is -2.41. The zero-order valence-corrected chi connectivity index (χ0v) is 11.4. The van der Waals surface area contributed by atoms with E-state index in [2.05, 4.69) is 13.2 Å². The first kappa shape index (κ1) is 14.0. The predicted octanol–water partition coefficient (Wildman–Crippen LogP) is 4.50. The van der Waals surface area contributed by atoms with Crippen molar-refractivity contribution in [1.29, 1.82) is 0 Å². The van der Waals surface area contributed by atoms with Gasteiger partial charge in [-0.25, -0.2) is 0 Å². The summed E-state index contributed by atoms with van der Waals surface area (Å²) in [4.78, 5) is 12.8. The van der Waals surface area contributed by atoms with Crippen molar-refractivity contribution in [3.8, 4) is 0 Å². The third kappa shape index (κ3) is 2.94. The van der Waals surface area contributed by atoms with Gasteiger partial charge in [-0.3, -0.25) is 4.79 Å². The fourth-order valence-corrected chi connectivity index (χ4v) is 2.35. The van der Waals surface area contributed by atoms with Gasteiger partial charge in [-0.2, -0.15) is 0 Å². The molecule has 0 N–H and O–H groups in total. The molecule has 2 aromatic rings. The first-order chi connectivity index (χ1) is 9.77. The summed E-state index contributed by atoms with van der Waals surface area (Å²) >= 11 is 0. The topological polar surface area (TPSA) is 17.1 Å². The SMILES string of the molecule is C=CC(C(=O)C(C=C)c1ccccc1)c1ccccc1. The van der Waals surface area contributed by atoms with Crippen LogP contribution in [0, 0.1) is 0 Å². The molecule has 100 valence electrons. The van der Waals surface area contributed by atoms with Crippen LogP contribution in [0.25, 0.3) is 0 Å². The van der Waals surface area contributed by atoms with Gasteiger partial charge in [-0.05, 0) is 11.1 Å². The van der Waals surface area contributed by atoms with Crippen LogP contribution >= 0.6 is 0 Å². The van der Waals surface area contributed by atoms with Crippen molar-refractivity contribution in [2.24, 2.45) is 0 Å². The molecule has 20 heavy (non-hydrogen) atoms. The van der Waals surface area contributed by atoms with Gasteiger partial charge in [0.15, 0.2) is 5.78 Å². The maximum absolute atomic E-state index is 12.8. The molecule has 0 aliphatic rings. The van der Waals surface area contributed by atoms with Crippen LogP contribution in [0.1, 0.15) is 23.0 Å². The minimum Gasteiger partial charge on any atom is -0.298 e. The first-order valence-electron chi connectivity index (χ1n) is 6.66. The molecule has 0 saturated carbocycles. The zero-order valence-electron chi connectivity index (χ0n) is 11.4. The molecule has 0 aliphatic heterocycles. The van der Waals surface area contributed by atoms with Crippen molar-refractivity contribution >= 4 is 5.78 Å². The van der Waals surface area contributed by atoms with Gasteiger partial charge >= 0.3 is 0 Å². The average molecular weight is 262 g/mol. The molecule has 2 unspecified atom stereocenters. The van der Waals surface area contributed by atoms with E-state index < -0.39 is 0 Å². The van der Waals surface area contributed by atoms with E-state index in [0.29, 0.717) is 0 Å². The Kier molecular flexibility index (Phi) is 4.67. The molecular formula is C19H18O. The highest BCUT2D eigenvalue weighted by Crippen LogP contribution is 2.28. The van der Waals surface area contributed by atoms with Crippen LogP contribution in [0.3, 0.4) is 0 Å². The summed E-state index contributed by atoms with van der Waals surface area (Å²) < 4.78 is 0. The van der Waals surface area contributed by atoms with Crippen molar-refractivity contribution in [2.75, 3.05) is 0 Å². The zero-order chi connectivity index (χ0) is 14.4. The fraction of sp³-hybridized carbons (Fsp3) is 0.105. The lowest BCUT2D eigenvalue weighted by Gasteiger charge is -2.18. The minimum atomic E-state index is -0.306. The van der Waals surface area contributed by atoms with Gasteiger partial charge in [0.2, 0.25) is 0 Å². The summed E-state index contributed by atoms with van der Waals surface area (Å²) in [6.07, 6.45) is 3.41. The molecule has 0 saturated heterocycles. The molecule has 0 spiro atoms. The molecule has 2 atom stereocenters. The van der Waals surface area contributed by atoms with Crippen LogP contribution in [0.15, 0.2) is 86.0 Å². The highest BCUT2D eigenvalue weighted by atomic mass is 16.1. The van der Waals surface area contributed by atoms with E-state index in [1.807, 2.05) is 60.7 Å². The Labute approximate surface area is 120 Å². The van der Waals surface area contributed by atoms with Crippen LogP contribution in [0.2, 0.25) is 0 Å². The number of hydrogen-bond acceptors (Lipinski definition) is 1. The molecule has 2 rings (SSSR count). The summed E-state index contributed by atoms with van der Waals surface area (Å²) in [5.74, 6) is -0.508. The van der Waals surface area contributed by atoms with E-state index in [4.69, 9.17) is 0 Å². The van der Waals surface area contributed by atoms with Crippen molar-refractivity contribution in [3.05, 3.63) is 97.1 Å². The molecule has 0 radical (unpaired) electrons. The van der Waals surface area contributed by atoms with Crippen LogP contribution in [-0.2, 0) is 4.79 Å². The molecule has 1 nitrogen and oxygen atoms in total. The van der Waals surface area contributed by atoms with Gasteiger partial charge in [-0.1, -0.05) is 72.8 Å². The molecule has 0 fully saturated rings. The van der Waals surface area contributed by atoms with Gasteiger partial charge in [-0.15, -0.1) is 13.2 Å². The summed E-state index contributed by atoms with van der Waals surface area (Å²) in [5, 5.41) is 0. The number of hydrogen-bond donors (Lipinski definition) is 0. The second-order valence-corrected chi connectivity index (χ2v) is 4.65. The van der Waals surface area contributed by atoms with E-state index in [1.165, 1.54) is 0 Å². The minimum absolute atomic E-state index is 0.104. The Morgan fingerprint density at radius 3 is 1.40 bits per heavy atom. The second-order valence-electron chi connectivity index (χ2n) is 4.65. The molecule has 0 amide bonds. The molecular weight excluding hydrogens is 244 g/mol. The average Bonchev–Trinajstić information content (AvgIpc) is 2.51. The summed E-state index contributed by atoms with van der Waals surface area (Å²) in [6, 6.07) is 19.4. The van der Waals surface area contributed by atoms with E-state index in [1.54, 1.807) is 12.2 Å². The number of carbonyl (C=O) groups excluding carboxylic acids is 1. The lowest BCUT2D eigenvalue weighted by molar-refractivity contribution is -0.120. The standard InChI is InChI=1S/C19H18O/c1-3-17(15-11-7-5-8-12-15)19(20)18(4-2)16-13-9-6-10-14-16/h3-14,17-18H,1-2H2. The molecule has 2 aromatic carbocycles. The van der Waals surface area contributed by atoms with Crippen LogP contribution in [0.5, 0.6) is 0 Å². The van der Waals surface area contributed by atoms with Crippen molar-refractivity contribution in [3.63, 3.8) is 0 Å². The number of benzene rings is 2. The smallest absolute Gasteiger partial charge is 0.155 e. The Bertz CT molecular complexity index is 530. The predicted molar refractivity (Wildman–Crippen MR) is 83.8 cm³/mol. The lowest BCUT2D eigenvalue weighted by atomic mass is 9.84. The maximum Gasteiger partial charge on any atom is 0.155 e. The largest absolute Gasteiger partial charge is 0.298 e. The third-order valence-corrected chi connectivity index (χ3v) is 3.40. The number of ketones is 1. The molecule has 0 aromatic heterocycles. The Morgan fingerprint density at radius 2 is 1.10 bits per heavy atom. The highest BCUT2D eigenvalue weighted by Gasteiger charge is 2.24. The van der Waals surface area contributed by atoms with Gasteiger partial charge < -0.3 is 0 Å². The van der Waals surface area contributed by atoms with Gasteiger partial charge in [0.25, 0.3) is 0 Å². The van der Waals surface area contributed by atoms with E-state index >= 15 is 0 Å². The van der Waals surface area contributed by atoms with Gasteiger partial charge in [0, 0.05) is 0 Å². The van der Waals surface area contributed by atoms with Crippen molar-refractivity contribution in [1.82, 2.24) is 0 Å². The number of allylic oxidation sites excluding steroid dienone is 2. The normalized spacial score (nSPS) is 13.2. The molecule has 0 bridgehead atoms. The highest BCUT2D eigenvalue weighted by molar-refractivity contribution is 5.94. The monoisotopic (exact) mass is 262 g/mol. The van der Waals surface area contributed by atoms with Crippen LogP contribution < -0.4 is 0 Å². The van der Waals surface area contributed by atoms with Crippen molar-refractivity contribution < 1.29 is 4.79 Å². The van der Waals surface area contributed by atoms with Crippen LogP contribution in [-0.4, -0.2) is 5.78 Å². The number of Topliss-reactive ketones (excluding diaryl/α,β-unsaturated/α-hetero) is 1. The van der Waals surface area contributed by atoms with Gasteiger partial charge in [0.05, 0.1) is 11.8 Å². The Morgan fingerprint density at radius 1 is 0.750 bits per heavy atom. The van der Waals surface area contributed by atoms with Gasteiger partial charge in [0.1, 0.15) is 0 Å². The molecule has 1 heteroatoms. The van der Waals surface area contributed by atoms with E-state index in [0.717, 1.165) is 11.1 Å². The summed E-state index contributed by atoms with van der Waals surface area (Å²) in [6.45, 7) is 7.63. The number of rotatable bonds is 6. The third-order valence-electron chi connectivity index (χ3n) is 3.40. The summed E-state index contributed by atoms with van der Waals surface area (Å²) in [5.41, 5.74) is 1.94.